The summed E-state index contributed by atoms with van der Waals surface area (Å²) in [6.07, 6.45) is 3.89. The predicted octanol–water partition coefficient (Wildman–Crippen LogP) is 6.70. The number of carbonyl (C=O) groups is 1. The van der Waals surface area contributed by atoms with Crippen molar-refractivity contribution in [3.63, 3.8) is 0 Å². The molecule has 2 bridgehead atoms. The minimum atomic E-state index is -0.466. The molecule has 9 heteroatoms. The van der Waals surface area contributed by atoms with Crippen molar-refractivity contribution in [2.45, 2.75) is 48.6 Å². The molecule has 0 aliphatic carbocycles. The third-order valence-electron chi connectivity index (χ3n) is 8.19. The van der Waals surface area contributed by atoms with E-state index in [9.17, 15) is 18.7 Å². The SMILES string of the molecule is O=C(c1ccc(F)cc1Cl)N1CC2CCC(C1)N2c1cc(SN2CCC(c3ccc(F)cc3)CC2)ccc1O. The topological polar surface area (TPSA) is 47.0 Å². The molecule has 39 heavy (non-hydrogen) atoms. The Labute approximate surface area is 236 Å². The van der Waals surface area contributed by atoms with Gasteiger partial charge in [0.05, 0.1) is 16.3 Å². The van der Waals surface area contributed by atoms with Gasteiger partial charge in [0.25, 0.3) is 5.91 Å². The van der Waals surface area contributed by atoms with Gasteiger partial charge >= 0.3 is 0 Å². The number of hydrogen-bond donors (Lipinski definition) is 1. The first-order chi connectivity index (χ1) is 18.9. The van der Waals surface area contributed by atoms with Crippen LogP contribution in [-0.2, 0) is 0 Å². The van der Waals surface area contributed by atoms with Crippen LogP contribution >= 0.6 is 23.5 Å². The molecule has 204 valence electrons. The maximum atomic E-state index is 13.5. The number of phenolic OH excluding ortho intramolecular Hbond substituents is 1. The van der Waals surface area contributed by atoms with Crippen LogP contribution in [0.2, 0.25) is 5.02 Å². The number of piperazine rings is 1. The van der Waals surface area contributed by atoms with Gasteiger partial charge in [-0.2, -0.15) is 0 Å². The second-order valence-corrected chi connectivity index (χ2v) is 12.2. The van der Waals surface area contributed by atoms with E-state index in [0.29, 0.717) is 24.6 Å². The smallest absolute Gasteiger partial charge is 0.255 e. The molecule has 2 unspecified atom stereocenters. The highest BCUT2D eigenvalue weighted by Crippen LogP contribution is 2.42. The largest absolute Gasteiger partial charge is 0.506 e. The molecule has 3 aliphatic rings. The molecule has 3 aromatic rings. The first kappa shape index (κ1) is 26.4. The van der Waals surface area contributed by atoms with Crippen LogP contribution in [-0.4, -0.2) is 58.5 Å². The zero-order chi connectivity index (χ0) is 27.1. The Morgan fingerprint density at radius 3 is 2.21 bits per heavy atom. The number of aromatic hydroxyl groups is 1. The van der Waals surface area contributed by atoms with Gasteiger partial charge in [-0.1, -0.05) is 23.7 Å². The summed E-state index contributed by atoms with van der Waals surface area (Å²) in [5.41, 5.74) is 2.32. The van der Waals surface area contributed by atoms with E-state index < -0.39 is 5.82 Å². The lowest BCUT2D eigenvalue weighted by Crippen LogP contribution is -2.55. The Morgan fingerprint density at radius 1 is 0.872 bits per heavy atom. The molecule has 5 nitrogen and oxygen atoms in total. The minimum Gasteiger partial charge on any atom is -0.506 e. The van der Waals surface area contributed by atoms with Crippen molar-refractivity contribution < 1.29 is 18.7 Å². The molecule has 3 aromatic carbocycles. The van der Waals surface area contributed by atoms with Gasteiger partial charge in [0.2, 0.25) is 0 Å². The lowest BCUT2D eigenvalue weighted by atomic mass is 9.90. The van der Waals surface area contributed by atoms with Crippen LogP contribution < -0.4 is 4.90 Å². The number of hydrogen-bond acceptors (Lipinski definition) is 5. The van der Waals surface area contributed by atoms with E-state index in [0.717, 1.165) is 49.4 Å². The summed E-state index contributed by atoms with van der Waals surface area (Å²) in [4.78, 5) is 18.3. The highest BCUT2D eigenvalue weighted by molar-refractivity contribution is 7.97. The number of nitrogens with zero attached hydrogens (tertiary/aromatic N) is 3. The van der Waals surface area contributed by atoms with E-state index >= 15 is 0 Å². The van der Waals surface area contributed by atoms with Gasteiger partial charge in [-0.25, -0.2) is 13.1 Å². The Morgan fingerprint density at radius 2 is 1.54 bits per heavy atom. The molecule has 3 saturated heterocycles. The lowest BCUT2D eigenvalue weighted by Gasteiger charge is -2.43. The molecule has 0 saturated carbocycles. The number of halogens is 3. The average molecular weight is 570 g/mol. The van der Waals surface area contributed by atoms with Gasteiger partial charge in [-0.15, -0.1) is 0 Å². The van der Waals surface area contributed by atoms with Crippen molar-refractivity contribution in [3.05, 3.63) is 88.4 Å². The number of phenols is 1. The van der Waals surface area contributed by atoms with Crippen LogP contribution in [0.3, 0.4) is 0 Å². The lowest BCUT2D eigenvalue weighted by molar-refractivity contribution is 0.0718. The fraction of sp³-hybridized carbons (Fsp3) is 0.367. The maximum Gasteiger partial charge on any atom is 0.255 e. The summed E-state index contributed by atoms with van der Waals surface area (Å²) < 4.78 is 29.1. The highest BCUT2D eigenvalue weighted by atomic mass is 35.5. The van der Waals surface area contributed by atoms with Gasteiger partial charge in [-0.05, 0) is 97.6 Å². The van der Waals surface area contributed by atoms with E-state index in [2.05, 4.69) is 15.3 Å². The molecule has 3 heterocycles. The van der Waals surface area contributed by atoms with Crippen LogP contribution in [0.25, 0.3) is 0 Å². The number of amides is 1. The zero-order valence-corrected chi connectivity index (χ0v) is 23.0. The molecule has 3 aliphatic heterocycles. The molecule has 1 N–H and O–H groups in total. The number of likely N-dealkylation sites (tertiary alicyclic amines) is 1. The third-order valence-corrected chi connectivity index (χ3v) is 9.59. The zero-order valence-electron chi connectivity index (χ0n) is 21.4. The maximum absolute atomic E-state index is 13.5. The number of carbonyl (C=O) groups excluding carboxylic acids is 1. The number of piperidine rings is 1. The van der Waals surface area contributed by atoms with Gasteiger partial charge in [0.1, 0.15) is 17.4 Å². The summed E-state index contributed by atoms with van der Waals surface area (Å²) in [6.45, 7) is 2.91. The average Bonchev–Trinajstić information content (AvgIpc) is 3.18. The molecule has 0 radical (unpaired) electrons. The Hall–Kier alpha value is -2.81. The number of fused-ring (bicyclic) bond motifs is 2. The molecule has 3 fully saturated rings. The minimum absolute atomic E-state index is 0.0875. The number of anilines is 1. The van der Waals surface area contributed by atoms with Crippen molar-refractivity contribution in [2.24, 2.45) is 0 Å². The van der Waals surface area contributed by atoms with Crippen molar-refractivity contribution in [2.75, 3.05) is 31.1 Å². The van der Waals surface area contributed by atoms with Crippen LogP contribution in [0.15, 0.2) is 65.6 Å². The van der Waals surface area contributed by atoms with Gasteiger partial charge in [0.15, 0.2) is 0 Å². The Bertz CT molecular complexity index is 1350. The van der Waals surface area contributed by atoms with Crippen molar-refractivity contribution in [3.8, 4) is 5.75 Å². The van der Waals surface area contributed by atoms with Gasteiger partial charge in [-0.3, -0.25) is 4.79 Å². The quantitative estimate of drug-likeness (QED) is 0.346. The normalized spacial score (nSPS) is 21.9. The molecule has 1 amide bonds. The van der Waals surface area contributed by atoms with Crippen LogP contribution in [0, 0.1) is 11.6 Å². The van der Waals surface area contributed by atoms with E-state index in [-0.39, 0.29) is 34.6 Å². The standard InChI is InChI=1S/C30H30ClF2N3O2S/c31-27-15-22(33)5-9-26(27)30(38)34-17-23-6-7-24(18-34)36(23)28-16-25(8-10-29(28)37)39-35-13-11-20(12-14-35)19-1-3-21(32)4-2-19/h1-5,8-10,15-16,20,23-24,37H,6-7,11-14,17-18H2. The van der Waals surface area contributed by atoms with Crippen LogP contribution in [0.5, 0.6) is 5.75 Å². The van der Waals surface area contributed by atoms with Gasteiger partial charge in [0, 0.05) is 43.2 Å². The van der Waals surface area contributed by atoms with E-state index in [1.54, 1.807) is 22.9 Å². The predicted molar refractivity (Wildman–Crippen MR) is 151 cm³/mol. The van der Waals surface area contributed by atoms with Gasteiger partial charge < -0.3 is 14.9 Å². The molecule has 0 aromatic heterocycles. The molecule has 0 spiro atoms. The second-order valence-electron chi connectivity index (χ2n) is 10.6. The summed E-state index contributed by atoms with van der Waals surface area (Å²) in [7, 11) is 0. The Balaban J connectivity index is 1.12. The number of benzene rings is 3. The highest BCUT2D eigenvalue weighted by Gasteiger charge is 2.42. The molecular weight excluding hydrogens is 540 g/mol. The summed E-state index contributed by atoms with van der Waals surface area (Å²) in [6, 6.07) is 16.7. The van der Waals surface area contributed by atoms with Crippen LogP contribution in [0.4, 0.5) is 14.5 Å². The fourth-order valence-corrected chi connectivity index (χ4v) is 7.46. The number of rotatable bonds is 5. The van der Waals surface area contributed by atoms with E-state index in [1.165, 1.54) is 35.9 Å². The van der Waals surface area contributed by atoms with E-state index in [4.69, 9.17) is 11.6 Å². The first-order valence-electron chi connectivity index (χ1n) is 13.4. The second kappa shape index (κ2) is 11.0. The molecule has 2 atom stereocenters. The Kier molecular flexibility index (Phi) is 7.44. The van der Waals surface area contributed by atoms with E-state index in [1.807, 2.05) is 18.2 Å². The van der Waals surface area contributed by atoms with Crippen molar-refractivity contribution >= 4 is 35.1 Å². The molecular formula is C30H30ClF2N3O2S. The summed E-state index contributed by atoms with van der Waals surface area (Å²) in [5.74, 6) is -0.167. The fourth-order valence-electron chi connectivity index (χ4n) is 6.23. The monoisotopic (exact) mass is 569 g/mol. The van der Waals surface area contributed by atoms with Crippen molar-refractivity contribution in [1.29, 1.82) is 0 Å². The third kappa shape index (κ3) is 5.47. The molecule has 6 rings (SSSR count). The van der Waals surface area contributed by atoms with Crippen molar-refractivity contribution in [1.82, 2.24) is 9.21 Å². The van der Waals surface area contributed by atoms with Crippen LogP contribution in [0.1, 0.15) is 47.5 Å². The summed E-state index contributed by atoms with van der Waals surface area (Å²) >= 11 is 7.87. The summed E-state index contributed by atoms with van der Waals surface area (Å²) in [5, 5.41) is 11.0. The first-order valence-corrected chi connectivity index (χ1v) is 14.5.